The molecule has 1 aromatic heterocycles. The van der Waals surface area contributed by atoms with Crippen LogP contribution in [0.1, 0.15) is 49.6 Å². The van der Waals surface area contributed by atoms with Gasteiger partial charge < -0.3 is 10.6 Å². The quantitative estimate of drug-likeness (QED) is 0.658. The number of nitrogens with zero attached hydrogens (tertiary/aromatic N) is 2. The van der Waals surface area contributed by atoms with E-state index in [1.54, 1.807) is 11.3 Å². The lowest BCUT2D eigenvalue weighted by Crippen LogP contribution is -2.44. The van der Waals surface area contributed by atoms with Gasteiger partial charge in [-0.2, -0.15) is 0 Å². The molecule has 1 aliphatic rings. The average molecular weight is 280 g/mol. The van der Waals surface area contributed by atoms with Gasteiger partial charge in [-0.3, -0.25) is 0 Å². The second kappa shape index (κ2) is 7.48. The summed E-state index contributed by atoms with van der Waals surface area (Å²) in [5.41, 5.74) is 2.99. The minimum absolute atomic E-state index is 0.592. The molecule has 0 atom stereocenters. The highest BCUT2D eigenvalue weighted by atomic mass is 32.1. The third kappa shape index (κ3) is 4.49. The molecule has 1 aliphatic carbocycles. The predicted octanol–water partition coefficient (Wildman–Crippen LogP) is 2.84. The summed E-state index contributed by atoms with van der Waals surface area (Å²) in [5.74, 6) is 0.946. The number of thiazole rings is 1. The topological polar surface area (TPSA) is 49.3 Å². The summed E-state index contributed by atoms with van der Waals surface area (Å²) in [6, 6.07) is 0.592. The highest BCUT2D eigenvalue weighted by Gasteiger charge is 2.14. The molecule has 0 unspecified atom stereocenters. The number of hydrogen-bond donors (Lipinski definition) is 2. The van der Waals surface area contributed by atoms with E-state index in [-0.39, 0.29) is 0 Å². The van der Waals surface area contributed by atoms with Crippen molar-refractivity contribution >= 4 is 17.3 Å². The zero-order valence-electron chi connectivity index (χ0n) is 11.9. The summed E-state index contributed by atoms with van der Waals surface area (Å²) >= 11 is 1.68. The highest BCUT2D eigenvalue weighted by Crippen LogP contribution is 2.17. The largest absolute Gasteiger partial charge is 0.357 e. The van der Waals surface area contributed by atoms with Gasteiger partial charge in [-0.15, -0.1) is 11.3 Å². The Hall–Kier alpha value is -1.10. The molecular formula is C14H24N4S. The molecule has 5 heteroatoms. The molecule has 1 aromatic rings. The fourth-order valence-electron chi connectivity index (χ4n) is 2.39. The number of nitrogens with one attached hydrogen (secondary N) is 2. The summed E-state index contributed by atoms with van der Waals surface area (Å²) < 4.78 is 0. The summed E-state index contributed by atoms with van der Waals surface area (Å²) in [6.07, 6.45) is 6.59. The van der Waals surface area contributed by atoms with Gasteiger partial charge in [-0.05, 0) is 26.7 Å². The standard InChI is InChI=1S/C14H24N4S/c1-3-15-14(18-12-7-5-4-6-8-12)16-9-13-11(2)17-10-19-13/h10,12H,3-9H2,1-2H3,(H2,15,16,18). The molecule has 0 aromatic carbocycles. The molecule has 19 heavy (non-hydrogen) atoms. The second-order valence-corrected chi connectivity index (χ2v) is 5.97. The van der Waals surface area contributed by atoms with E-state index in [9.17, 15) is 0 Å². The first-order valence-corrected chi connectivity index (χ1v) is 8.11. The van der Waals surface area contributed by atoms with E-state index >= 15 is 0 Å². The lowest BCUT2D eigenvalue weighted by atomic mass is 9.96. The van der Waals surface area contributed by atoms with Gasteiger partial charge in [0.1, 0.15) is 0 Å². The second-order valence-electron chi connectivity index (χ2n) is 5.04. The van der Waals surface area contributed by atoms with Gasteiger partial charge in [0.25, 0.3) is 0 Å². The van der Waals surface area contributed by atoms with Crippen LogP contribution in [0.4, 0.5) is 0 Å². The first-order chi connectivity index (χ1) is 9.29. The Kier molecular flexibility index (Phi) is 5.63. The van der Waals surface area contributed by atoms with Crippen LogP contribution in [0.25, 0.3) is 0 Å². The molecule has 0 aliphatic heterocycles. The predicted molar refractivity (Wildman–Crippen MR) is 81.7 cm³/mol. The smallest absolute Gasteiger partial charge is 0.191 e. The molecule has 106 valence electrons. The van der Waals surface area contributed by atoms with Gasteiger partial charge >= 0.3 is 0 Å². The molecule has 0 spiro atoms. The van der Waals surface area contributed by atoms with E-state index in [1.807, 2.05) is 12.4 Å². The molecule has 1 saturated carbocycles. The van der Waals surface area contributed by atoms with Crippen molar-refractivity contribution in [3.05, 3.63) is 16.1 Å². The van der Waals surface area contributed by atoms with Crippen LogP contribution in [0.2, 0.25) is 0 Å². The van der Waals surface area contributed by atoms with E-state index in [0.717, 1.165) is 24.7 Å². The van der Waals surface area contributed by atoms with Crippen LogP contribution in [-0.2, 0) is 6.54 Å². The molecule has 0 radical (unpaired) electrons. The Labute approximate surface area is 119 Å². The number of guanidine groups is 1. The van der Waals surface area contributed by atoms with E-state index in [2.05, 4.69) is 27.5 Å². The third-order valence-corrected chi connectivity index (χ3v) is 4.44. The molecule has 0 bridgehead atoms. The third-order valence-electron chi connectivity index (χ3n) is 3.52. The fraction of sp³-hybridized carbons (Fsp3) is 0.714. The molecule has 4 nitrogen and oxygen atoms in total. The van der Waals surface area contributed by atoms with Gasteiger partial charge in [0.15, 0.2) is 5.96 Å². The van der Waals surface area contributed by atoms with Crippen molar-refractivity contribution in [2.75, 3.05) is 6.54 Å². The molecule has 1 fully saturated rings. The van der Waals surface area contributed by atoms with Crippen molar-refractivity contribution in [3.8, 4) is 0 Å². The Morgan fingerprint density at radius 2 is 2.21 bits per heavy atom. The lowest BCUT2D eigenvalue weighted by Gasteiger charge is -2.24. The Bertz CT molecular complexity index is 407. The monoisotopic (exact) mass is 280 g/mol. The van der Waals surface area contributed by atoms with Crippen molar-refractivity contribution in [1.82, 2.24) is 15.6 Å². The maximum atomic E-state index is 4.68. The zero-order valence-corrected chi connectivity index (χ0v) is 12.7. The Balaban J connectivity index is 1.92. The number of rotatable bonds is 4. The van der Waals surface area contributed by atoms with E-state index in [1.165, 1.54) is 37.0 Å². The van der Waals surface area contributed by atoms with Crippen molar-refractivity contribution in [2.45, 2.75) is 58.5 Å². The molecule has 2 rings (SSSR count). The van der Waals surface area contributed by atoms with Crippen LogP contribution < -0.4 is 10.6 Å². The van der Waals surface area contributed by atoms with Crippen molar-refractivity contribution in [2.24, 2.45) is 4.99 Å². The van der Waals surface area contributed by atoms with Gasteiger partial charge in [0.2, 0.25) is 0 Å². The van der Waals surface area contributed by atoms with Crippen LogP contribution in [0, 0.1) is 6.92 Å². The fourth-order valence-corrected chi connectivity index (χ4v) is 3.09. The van der Waals surface area contributed by atoms with E-state index in [4.69, 9.17) is 0 Å². The highest BCUT2D eigenvalue weighted by molar-refractivity contribution is 7.09. The number of aryl methyl sites for hydroxylation is 1. The van der Waals surface area contributed by atoms with Crippen LogP contribution in [0.3, 0.4) is 0 Å². The Morgan fingerprint density at radius 3 is 2.84 bits per heavy atom. The summed E-state index contributed by atoms with van der Waals surface area (Å²) in [6.45, 7) is 5.78. The molecular weight excluding hydrogens is 256 g/mol. The summed E-state index contributed by atoms with van der Waals surface area (Å²) in [5, 5.41) is 6.90. The van der Waals surface area contributed by atoms with Crippen LogP contribution in [0.5, 0.6) is 0 Å². The van der Waals surface area contributed by atoms with Crippen molar-refractivity contribution in [3.63, 3.8) is 0 Å². The number of aliphatic imine (C=N–C) groups is 1. The van der Waals surface area contributed by atoms with E-state index in [0.29, 0.717) is 6.04 Å². The van der Waals surface area contributed by atoms with Crippen LogP contribution in [-0.4, -0.2) is 23.5 Å². The number of hydrogen-bond acceptors (Lipinski definition) is 3. The first-order valence-electron chi connectivity index (χ1n) is 7.23. The van der Waals surface area contributed by atoms with Gasteiger partial charge in [-0.1, -0.05) is 19.3 Å². The van der Waals surface area contributed by atoms with Gasteiger partial charge in [0, 0.05) is 17.5 Å². The molecule has 2 N–H and O–H groups in total. The zero-order chi connectivity index (χ0) is 13.5. The van der Waals surface area contributed by atoms with Gasteiger partial charge in [0.05, 0.1) is 17.7 Å². The van der Waals surface area contributed by atoms with Crippen molar-refractivity contribution < 1.29 is 0 Å². The minimum atomic E-state index is 0.592. The summed E-state index contributed by atoms with van der Waals surface area (Å²) in [4.78, 5) is 10.2. The van der Waals surface area contributed by atoms with Crippen LogP contribution in [0.15, 0.2) is 10.5 Å². The van der Waals surface area contributed by atoms with Crippen molar-refractivity contribution in [1.29, 1.82) is 0 Å². The summed E-state index contributed by atoms with van der Waals surface area (Å²) in [7, 11) is 0. The average Bonchev–Trinajstić information content (AvgIpc) is 2.83. The van der Waals surface area contributed by atoms with E-state index < -0.39 is 0 Å². The SMILES string of the molecule is CCNC(=NCc1scnc1C)NC1CCCCC1. The van der Waals surface area contributed by atoms with Crippen LogP contribution >= 0.6 is 11.3 Å². The normalized spacial score (nSPS) is 17.5. The molecule has 1 heterocycles. The minimum Gasteiger partial charge on any atom is -0.357 e. The number of aromatic nitrogens is 1. The maximum Gasteiger partial charge on any atom is 0.191 e. The first kappa shape index (κ1) is 14.3. The molecule has 0 amide bonds. The molecule has 0 saturated heterocycles. The Morgan fingerprint density at radius 1 is 1.42 bits per heavy atom. The van der Waals surface area contributed by atoms with Gasteiger partial charge in [-0.25, -0.2) is 9.98 Å². The maximum absolute atomic E-state index is 4.68. The lowest BCUT2D eigenvalue weighted by molar-refractivity contribution is 0.410.